The molecule has 38 heavy (non-hydrogen) atoms. The second-order valence-corrected chi connectivity index (χ2v) is 13.2. The molecule has 0 radical (unpaired) electrons. The smallest absolute Gasteiger partial charge is 0.178 e. The standard InChI is InChI=1S/C32H44N2O4/c1-30-13-10-23(35)20-22(30)8-9-24-25(30)11-14-31(2)26(24)12-15-32(31,37)29(36)21-33-16-18-34(19-17-33)27-6-4-5-7-28(27)38-3/h4-7,20,24-26,37H,8-19,21H2,1-3H3/t24-,25+,26+,30+,31+,32+/m1/s1. The first-order chi connectivity index (χ1) is 18.2. The monoisotopic (exact) mass is 520 g/mol. The van der Waals surface area contributed by atoms with Crippen molar-refractivity contribution in [3.05, 3.63) is 35.9 Å². The molecule has 0 amide bonds. The molecule has 1 saturated heterocycles. The van der Waals surface area contributed by atoms with Gasteiger partial charge in [0.25, 0.3) is 0 Å². The highest BCUT2D eigenvalue weighted by Crippen LogP contribution is 2.67. The molecule has 1 N–H and O–H groups in total. The van der Waals surface area contributed by atoms with E-state index in [1.54, 1.807) is 7.11 Å². The number of benzene rings is 1. The Kier molecular flexibility index (Phi) is 6.50. The summed E-state index contributed by atoms with van der Waals surface area (Å²) in [6, 6.07) is 8.10. The number of ether oxygens (including phenoxy) is 1. The number of fused-ring (bicyclic) bond motifs is 5. The fourth-order valence-electron chi connectivity index (χ4n) is 9.41. The summed E-state index contributed by atoms with van der Waals surface area (Å²) in [6.07, 6.45) is 9.16. The predicted octanol–water partition coefficient (Wildman–Crippen LogP) is 4.65. The summed E-state index contributed by atoms with van der Waals surface area (Å²) in [5, 5.41) is 12.1. The van der Waals surface area contributed by atoms with E-state index < -0.39 is 5.60 Å². The minimum absolute atomic E-state index is 0.0255. The fourth-order valence-corrected chi connectivity index (χ4v) is 9.41. The Labute approximate surface area is 227 Å². The Morgan fingerprint density at radius 2 is 1.74 bits per heavy atom. The van der Waals surface area contributed by atoms with Crippen LogP contribution in [0, 0.1) is 28.6 Å². The van der Waals surface area contributed by atoms with Gasteiger partial charge < -0.3 is 14.7 Å². The minimum Gasteiger partial charge on any atom is -0.495 e. The highest BCUT2D eigenvalue weighted by atomic mass is 16.5. The summed E-state index contributed by atoms with van der Waals surface area (Å²) < 4.78 is 5.55. The van der Waals surface area contributed by atoms with Crippen LogP contribution in [0.4, 0.5) is 5.69 Å². The van der Waals surface area contributed by atoms with Gasteiger partial charge in [-0.2, -0.15) is 0 Å². The average molecular weight is 521 g/mol. The van der Waals surface area contributed by atoms with Gasteiger partial charge in [-0.15, -0.1) is 0 Å². The largest absolute Gasteiger partial charge is 0.495 e. The number of hydrogen-bond acceptors (Lipinski definition) is 6. The molecule has 6 rings (SSSR count). The lowest BCUT2D eigenvalue weighted by molar-refractivity contribution is -0.163. The normalized spacial score (nSPS) is 39.2. The van der Waals surface area contributed by atoms with E-state index in [1.165, 1.54) is 5.57 Å². The van der Waals surface area contributed by atoms with Crippen LogP contribution >= 0.6 is 0 Å². The van der Waals surface area contributed by atoms with Gasteiger partial charge in [0, 0.05) is 38.0 Å². The third-order valence-corrected chi connectivity index (χ3v) is 11.7. The van der Waals surface area contributed by atoms with E-state index in [4.69, 9.17) is 4.74 Å². The molecule has 4 aliphatic carbocycles. The third-order valence-electron chi connectivity index (χ3n) is 11.7. The van der Waals surface area contributed by atoms with Gasteiger partial charge in [-0.1, -0.05) is 31.6 Å². The number of carbonyl (C=O) groups is 2. The molecule has 0 bridgehead atoms. The van der Waals surface area contributed by atoms with Crippen molar-refractivity contribution in [1.82, 2.24) is 4.90 Å². The highest BCUT2D eigenvalue weighted by molar-refractivity contribution is 5.92. The Hall–Kier alpha value is -2.18. The summed E-state index contributed by atoms with van der Waals surface area (Å²) in [4.78, 5) is 30.6. The lowest BCUT2D eigenvalue weighted by Crippen LogP contribution is -2.59. The van der Waals surface area contributed by atoms with Crippen molar-refractivity contribution in [1.29, 1.82) is 0 Å². The molecule has 0 spiro atoms. The molecule has 0 aromatic heterocycles. The number of allylic oxidation sites excluding steroid dienone is 1. The van der Waals surface area contributed by atoms with Crippen molar-refractivity contribution in [2.24, 2.45) is 28.6 Å². The summed E-state index contributed by atoms with van der Waals surface area (Å²) >= 11 is 0. The van der Waals surface area contributed by atoms with Gasteiger partial charge in [0.1, 0.15) is 11.4 Å². The fraction of sp³-hybridized carbons (Fsp3) is 0.688. The number of Topliss-reactive ketones (excluding diaryl/α,β-unsaturated/α-hetero) is 1. The number of para-hydroxylation sites is 2. The molecule has 5 aliphatic rings. The Morgan fingerprint density at radius 1 is 1.00 bits per heavy atom. The number of ketones is 2. The van der Waals surface area contributed by atoms with Crippen LogP contribution < -0.4 is 9.64 Å². The zero-order chi connectivity index (χ0) is 26.7. The number of anilines is 1. The van der Waals surface area contributed by atoms with E-state index in [1.807, 2.05) is 24.3 Å². The maximum atomic E-state index is 13.9. The van der Waals surface area contributed by atoms with Crippen molar-refractivity contribution in [3.8, 4) is 5.75 Å². The van der Waals surface area contributed by atoms with Gasteiger partial charge in [-0.25, -0.2) is 0 Å². The van der Waals surface area contributed by atoms with Crippen LogP contribution in [0.25, 0.3) is 0 Å². The number of nitrogens with zero attached hydrogens (tertiary/aromatic N) is 2. The number of hydrogen-bond donors (Lipinski definition) is 1. The van der Waals surface area contributed by atoms with Crippen molar-refractivity contribution >= 4 is 17.3 Å². The van der Waals surface area contributed by atoms with Crippen molar-refractivity contribution in [2.75, 3.05) is 44.7 Å². The average Bonchev–Trinajstić information content (AvgIpc) is 3.21. The van der Waals surface area contributed by atoms with E-state index in [0.717, 1.165) is 76.1 Å². The second kappa shape index (κ2) is 9.48. The Morgan fingerprint density at radius 3 is 2.50 bits per heavy atom. The van der Waals surface area contributed by atoms with Crippen LogP contribution in [0.15, 0.2) is 35.9 Å². The van der Waals surface area contributed by atoms with E-state index >= 15 is 0 Å². The summed E-state index contributed by atoms with van der Waals surface area (Å²) in [5.74, 6) is 2.68. The molecule has 6 nitrogen and oxygen atoms in total. The molecular weight excluding hydrogens is 476 g/mol. The Balaban J connectivity index is 1.13. The number of rotatable bonds is 5. The highest BCUT2D eigenvalue weighted by Gasteiger charge is 2.66. The van der Waals surface area contributed by atoms with E-state index in [-0.39, 0.29) is 16.6 Å². The maximum Gasteiger partial charge on any atom is 0.178 e. The number of aliphatic hydroxyl groups is 1. The van der Waals surface area contributed by atoms with Gasteiger partial charge in [0.15, 0.2) is 11.6 Å². The zero-order valence-corrected chi connectivity index (χ0v) is 23.4. The summed E-state index contributed by atoms with van der Waals surface area (Å²) in [6.45, 7) is 8.23. The lowest BCUT2D eigenvalue weighted by Gasteiger charge is -2.59. The molecule has 1 aromatic rings. The SMILES string of the molecule is COc1ccccc1N1CCN(CC(=O)[C@@]2(O)CC[C@H]3[C@@H]4CCC5=CC(=O)CC[C@]5(C)[C@H]4CC[C@@]32C)CC1. The van der Waals surface area contributed by atoms with E-state index in [0.29, 0.717) is 42.9 Å². The number of methoxy groups -OCH3 is 1. The van der Waals surface area contributed by atoms with Gasteiger partial charge >= 0.3 is 0 Å². The first kappa shape index (κ1) is 26.1. The molecule has 1 heterocycles. The van der Waals surface area contributed by atoms with Gasteiger partial charge in [-0.05, 0) is 86.3 Å². The second-order valence-electron chi connectivity index (χ2n) is 13.2. The zero-order valence-electron chi connectivity index (χ0n) is 23.4. The van der Waals surface area contributed by atoms with Crippen LogP contribution in [0.1, 0.15) is 65.2 Å². The predicted molar refractivity (Wildman–Crippen MR) is 148 cm³/mol. The van der Waals surface area contributed by atoms with Crippen LogP contribution in [-0.2, 0) is 9.59 Å². The number of carbonyl (C=O) groups excluding carboxylic acids is 2. The molecule has 4 fully saturated rings. The van der Waals surface area contributed by atoms with Gasteiger partial charge in [-0.3, -0.25) is 14.5 Å². The van der Waals surface area contributed by atoms with E-state index in [9.17, 15) is 14.7 Å². The third kappa shape index (κ3) is 3.89. The number of piperazine rings is 1. The molecule has 3 saturated carbocycles. The minimum atomic E-state index is -1.23. The first-order valence-electron chi connectivity index (χ1n) is 14.8. The van der Waals surface area contributed by atoms with Crippen LogP contribution in [0.5, 0.6) is 5.75 Å². The quantitative estimate of drug-likeness (QED) is 0.610. The molecule has 6 atom stereocenters. The van der Waals surface area contributed by atoms with Crippen LogP contribution in [-0.4, -0.2) is 67.0 Å². The summed E-state index contributed by atoms with van der Waals surface area (Å²) in [5.41, 5.74) is 0.998. The molecular formula is C32H44N2O4. The summed E-state index contributed by atoms with van der Waals surface area (Å²) in [7, 11) is 1.71. The lowest BCUT2D eigenvalue weighted by atomic mass is 9.46. The van der Waals surface area contributed by atoms with Crippen LogP contribution in [0.2, 0.25) is 0 Å². The molecule has 6 heteroatoms. The molecule has 0 unspecified atom stereocenters. The molecule has 1 aromatic carbocycles. The first-order valence-corrected chi connectivity index (χ1v) is 14.8. The molecule has 1 aliphatic heterocycles. The van der Waals surface area contributed by atoms with Gasteiger partial charge in [0.2, 0.25) is 0 Å². The topological polar surface area (TPSA) is 70.1 Å². The van der Waals surface area contributed by atoms with Crippen molar-refractivity contribution < 1.29 is 19.4 Å². The maximum absolute atomic E-state index is 13.9. The van der Waals surface area contributed by atoms with Crippen molar-refractivity contribution in [3.63, 3.8) is 0 Å². The van der Waals surface area contributed by atoms with Crippen molar-refractivity contribution in [2.45, 2.75) is 70.8 Å². The molecule has 206 valence electrons. The Bertz CT molecular complexity index is 1140. The van der Waals surface area contributed by atoms with Gasteiger partial charge in [0.05, 0.1) is 19.3 Å². The van der Waals surface area contributed by atoms with E-state index in [2.05, 4.69) is 29.7 Å². The van der Waals surface area contributed by atoms with Crippen LogP contribution in [0.3, 0.4) is 0 Å².